The van der Waals surface area contributed by atoms with Crippen LogP contribution in [0.15, 0.2) is 0 Å². The maximum absolute atomic E-state index is 8.74. The highest BCUT2D eigenvalue weighted by atomic mass is 16.5. The molecule has 0 unspecified atom stereocenters. The number of aliphatic hydroxyl groups excluding tert-OH is 1. The van der Waals surface area contributed by atoms with E-state index in [-0.39, 0.29) is 6.61 Å². The molecule has 5 heteroatoms. The smallest absolute Gasteiger partial charge is 0.207 e. The lowest BCUT2D eigenvalue weighted by Gasteiger charge is -2.21. The van der Waals surface area contributed by atoms with E-state index in [4.69, 9.17) is 24.1 Å². The first kappa shape index (κ1) is 22.0. The first-order valence-electron chi connectivity index (χ1n) is 9.08. The van der Waals surface area contributed by atoms with Crippen molar-refractivity contribution in [2.75, 3.05) is 35.0 Å². The third kappa shape index (κ3) is 5.74. The van der Waals surface area contributed by atoms with Crippen LogP contribution in [0.2, 0.25) is 0 Å². The minimum Gasteiger partial charge on any atom is -0.492 e. The number of unbranched alkanes of at least 4 members (excludes halogenated alkanes) is 4. The Morgan fingerprint density at radius 3 is 1.69 bits per heavy atom. The summed E-state index contributed by atoms with van der Waals surface area (Å²) in [5.74, 6) is 8.88. The predicted octanol–water partition coefficient (Wildman–Crippen LogP) is 3.91. The molecule has 0 aliphatic rings. The molecule has 0 heterocycles. The molecule has 0 aliphatic carbocycles. The van der Waals surface area contributed by atoms with Gasteiger partial charge in [-0.05, 0) is 39.0 Å². The molecule has 1 aromatic rings. The molecule has 1 N–H and O–H groups in total. The van der Waals surface area contributed by atoms with Crippen molar-refractivity contribution < 1.29 is 24.1 Å². The van der Waals surface area contributed by atoms with Gasteiger partial charge < -0.3 is 24.1 Å². The Morgan fingerprint density at radius 1 is 0.692 bits per heavy atom. The summed E-state index contributed by atoms with van der Waals surface area (Å²) in [6.07, 6.45) is 6.41. The van der Waals surface area contributed by atoms with Gasteiger partial charge in [-0.2, -0.15) is 0 Å². The topological polar surface area (TPSA) is 57.2 Å². The number of rotatable bonds is 11. The molecular formula is C21H32O5. The Hall–Kier alpha value is -2.06. The van der Waals surface area contributed by atoms with Crippen LogP contribution >= 0.6 is 0 Å². The first-order chi connectivity index (χ1) is 12.7. The lowest BCUT2D eigenvalue weighted by Crippen LogP contribution is -2.05. The predicted molar refractivity (Wildman–Crippen MR) is 104 cm³/mol. The van der Waals surface area contributed by atoms with Crippen LogP contribution in [-0.2, 0) is 6.42 Å². The van der Waals surface area contributed by atoms with Gasteiger partial charge in [0.15, 0.2) is 11.5 Å². The molecule has 0 amide bonds. The zero-order valence-corrected chi connectivity index (χ0v) is 16.7. The van der Waals surface area contributed by atoms with E-state index in [1.165, 1.54) is 0 Å². The van der Waals surface area contributed by atoms with Crippen molar-refractivity contribution in [3.8, 4) is 34.8 Å². The Balaban J connectivity index is 2.80. The zero-order chi connectivity index (χ0) is 19.4. The molecule has 0 saturated heterocycles. The average molecular weight is 364 g/mol. The summed E-state index contributed by atoms with van der Waals surface area (Å²) in [5.41, 5.74) is 2.09. The molecule has 5 nitrogen and oxygen atoms in total. The van der Waals surface area contributed by atoms with Crippen LogP contribution in [0.1, 0.15) is 49.7 Å². The molecule has 0 saturated carbocycles. The van der Waals surface area contributed by atoms with Gasteiger partial charge in [-0.15, -0.1) is 11.8 Å². The van der Waals surface area contributed by atoms with Crippen molar-refractivity contribution in [2.45, 2.75) is 51.9 Å². The Morgan fingerprint density at radius 2 is 1.19 bits per heavy atom. The fourth-order valence-electron chi connectivity index (χ4n) is 2.97. The Labute approximate surface area is 157 Å². The first-order valence-corrected chi connectivity index (χ1v) is 9.08. The molecule has 0 fully saturated rings. The van der Waals surface area contributed by atoms with E-state index < -0.39 is 0 Å². The van der Waals surface area contributed by atoms with E-state index in [0.717, 1.165) is 56.1 Å². The number of ether oxygens (including phenoxy) is 4. The van der Waals surface area contributed by atoms with Gasteiger partial charge in [-0.25, -0.2) is 0 Å². The van der Waals surface area contributed by atoms with Gasteiger partial charge in [0.05, 0.1) is 28.4 Å². The normalized spacial score (nSPS) is 10.1. The summed E-state index contributed by atoms with van der Waals surface area (Å²) in [4.78, 5) is 0. The van der Waals surface area contributed by atoms with Crippen LogP contribution in [0.5, 0.6) is 23.0 Å². The summed E-state index contributed by atoms with van der Waals surface area (Å²) in [5, 5.41) is 8.74. The third-order valence-electron chi connectivity index (χ3n) is 4.32. The van der Waals surface area contributed by atoms with Crippen molar-refractivity contribution in [2.24, 2.45) is 0 Å². The zero-order valence-electron chi connectivity index (χ0n) is 16.7. The Kier molecular flexibility index (Phi) is 10.4. The van der Waals surface area contributed by atoms with Crippen LogP contribution in [0.4, 0.5) is 0 Å². The maximum atomic E-state index is 8.74. The maximum Gasteiger partial charge on any atom is 0.207 e. The van der Waals surface area contributed by atoms with Crippen molar-refractivity contribution in [1.82, 2.24) is 0 Å². The number of hydrogen-bond donors (Lipinski definition) is 1. The van der Waals surface area contributed by atoms with Gasteiger partial charge in [-0.3, -0.25) is 0 Å². The summed E-state index contributed by atoms with van der Waals surface area (Å²) < 4.78 is 22.1. The highest BCUT2D eigenvalue weighted by Gasteiger charge is 2.24. The third-order valence-corrected chi connectivity index (χ3v) is 4.32. The summed E-state index contributed by atoms with van der Waals surface area (Å²) in [6.45, 7) is 2.26. The highest BCUT2D eigenvalue weighted by Crippen LogP contribution is 2.49. The summed E-state index contributed by atoms with van der Waals surface area (Å²) >= 11 is 0. The lowest BCUT2D eigenvalue weighted by atomic mass is 9.98. The van der Waals surface area contributed by atoms with Crippen molar-refractivity contribution in [1.29, 1.82) is 0 Å². The van der Waals surface area contributed by atoms with Crippen molar-refractivity contribution in [3.05, 3.63) is 11.1 Å². The second kappa shape index (κ2) is 12.3. The van der Waals surface area contributed by atoms with Crippen molar-refractivity contribution >= 4 is 0 Å². The largest absolute Gasteiger partial charge is 0.492 e. The van der Waals surface area contributed by atoms with Gasteiger partial charge in [0.1, 0.15) is 0 Å². The van der Waals surface area contributed by atoms with E-state index >= 15 is 0 Å². The molecule has 0 aromatic heterocycles. The van der Waals surface area contributed by atoms with E-state index in [0.29, 0.717) is 23.0 Å². The molecule has 0 aliphatic heterocycles. The van der Waals surface area contributed by atoms with Crippen LogP contribution in [-0.4, -0.2) is 40.2 Å². The summed E-state index contributed by atoms with van der Waals surface area (Å²) in [6, 6.07) is 0. The molecule has 1 aromatic carbocycles. The van der Waals surface area contributed by atoms with E-state index in [9.17, 15) is 0 Å². The van der Waals surface area contributed by atoms with E-state index in [1.54, 1.807) is 28.4 Å². The standard InChI is InChI=1S/C21H32O5/c1-16-17(14-12-10-8-6-7-9-11-13-15-22)19(24-3)21(26-5)20(25-4)18(16)23-2/h22H,8-15H2,1-5H3. The molecule has 0 radical (unpaired) electrons. The minimum absolute atomic E-state index is 0.248. The van der Waals surface area contributed by atoms with Gasteiger partial charge in [0.2, 0.25) is 11.5 Å². The molecule has 0 bridgehead atoms. The molecule has 146 valence electrons. The molecule has 0 spiro atoms. The van der Waals surface area contributed by atoms with E-state index in [1.807, 2.05) is 6.92 Å². The number of aliphatic hydroxyl groups is 1. The second-order valence-electron chi connectivity index (χ2n) is 5.98. The second-order valence-corrected chi connectivity index (χ2v) is 5.98. The minimum atomic E-state index is 0.248. The quantitative estimate of drug-likeness (QED) is 0.477. The van der Waals surface area contributed by atoms with Gasteiger partial charge in [0, 0.05) is 30.6 Å². The molecule has 0 atom stereocenters. The highest BCUT2D eigenvalue weighted by molar-refractivity contribution is 5.66. The molecular weight excluding hydrogens is 332 g/mol. The van der Waals surface area contributed by atoms with Crippen LogP contribution in [0.25, 0.3) is 0 Å². The van der Waals surface area contributed by atoms with Crippen LogP contribution in [0.3, 0.4) is 0 Å². The fraction of sp³-hybridized carbons (Fsp3) is 0.619. The number of hydrogen-bond acceptors (Lipinski definition) is 5. The van der Waals surface area contributed by atoms with Crippen molar-refractivity contribution in [3.63, 3.8) is 0 Å². The SMILES string of the molecule is COc1c(C)c(CCCCC#CCCCCO)c(OC)c(OC)c1OC. The molecule has 1 rings (SSSR count). The molecule has 26 heavy (non-hydrogen) atoms. The van der Waals surface area contributed by atoms with Gasteiger partial charge in [-0.1, -0.05) is 0 Å². The van der Waals surface area contributed by atoms with E-state index in [2.05, 4.69) is 11.8 Å². The monoisotopic (exact) mass is 364 g/mol. The van der Waals surface area contributed by atoms with Crippen LogP contribution in [0, 0.1) is 18.8 Å². The average Bonchev–Trinajstić information content (AvgIpc) is 2.66. The number of benzene rings is 1. The fourth-order valence-corrected chi connectivity index (χ4v) is 2.97. The lowest BCUT2D eigenvalue weighted by molar-refractivity contribution is 0.285. The van der Waals surface area contributed by atoms with Crippen LogP contribution < -0.4 is 18.9 Å². The van der Waals surface area contributed by atoms with Gasteiger partial charge >= 0.3 is 0 Å². The summed E-state index contributed by atoms with van der Waals surface area (Å²) in [7, 11) is 6.47. The Bertz CT molecular complexity index is 613. The van der Waals surface area contributed by atoms with Gasteiger partial charge in [0.25, 0.3) is 0 Å². The number of methoxy groups -OCH3 is 4.